The Labute approximate surface area is 146 Å². The molecule has 0 saturated carbocycles. The molecule has 2 aromatic rings. The van der Waals surface area contributed by atoms with E-state index in [1.807, 2.05) is 4.90 Å². The molecule has 0 bridgehead atoms. The minimum atomic E-state index is -0.0787. The Bertz CT molecular complexity index is 863. The first kappa shape index (κ1) is 16.9. The van der Waals surface area contributed by atoms with Crippen molar-refractivity contribution in [1.29, 1.82) is 0 Å². The van der Waals surface area contributed by atoms with Crippen molar-refractivity contribution in [2.75, 3.05) is 13.1 Å². The average Bonchev–Trinajstić information content (AvgIpc) is 3.11. The monoisotopic (exact) mass is 345 g/mol. The van der Waals surface area contributed by atoms with Gasteiger partial charge in [0.05, 0.1) is 10.9 Å². The standard InChI is InChI=1S/C18H23N3O2S/c1-2-3-4-11-21-17(23)14-8-7-13(12-15(14)19-18(21)24)16(22)20-9-5-6-10-20/h7-8,12H,2-6,9-11H2,1H3,(H,19,24). The van der Waals surface area contributed by atoms with Gasteiger partial charge in [-0.25, -0.2) is 0 Å². The molecule has 1 aromatic carbocycles. The van der Waals surface area contributed by atoms with Crippen molar-refractivity contribution in [3.63, 3.8) is 0 Å². The van der Waals surface area contributed by atoms with Gasteiger partial charge in [-0.15, -0.1) is 0 Å². The van der Waals surface area contributed by atoms with Gasteiger partial charge in [0.25, 0.3) is 11.5 Å². The highest BCUT2D eigenvalue weighted by atomic mass is 32.1. The van der Waals surface area contributed by atoms with Gasteiger partial charge in [0.2, 0.25) is 0 Å². The number of aromatic amines is 1. The maximum atomic E-state index is 12.7. The zero-order valence-corrected chi connectivity index (χ0v) is 14.8. The topological polar surface area (TPSA) is 58.1 Å². The van der Waals surface area contributed by atoms with Gasteiger partial charge in [-0.3, -0.25) is 14.2 Å². The maximum Gasteiger partial charge on any atom is 0.262 e. The summed E-state index contributed by atoms with van der Waals surface area (Å²) in [7, 11) is 0. The fourth-order valence-electron chi connectivity index (χ4n) is 3.21. The number of carbonyl (C=O) groups excluding carboxylic acids is 1. The first-order valence-electron chi connectivity index (χ1n) is 8.68. The molecule has 5 nitrogen and oxygen atoms in total. The predicted molar refractivity (Wildman–Crippen MR) is 98.1 cm³/mol. The van der Waals surface area contributed by atoms with E-state index in [0.29, 0.717) is 27.8 Å². The Kier molecular flexibility index (Phi) is 5.14. The molecule has 6 heteroatoms. The van der Waals surface area contributed by atoms with E-state index >= 15 is 0 Å². The van der Waals surface area contributed by atoms with Crippen LogP contribution in [0.1, 0.15) is 49.4 Å². The number of benzene rings is 1. The molecule has 1 saturated heterocycles. The number of likely N-dealkylation sites (tertiary alicyclic amines) is 1. The lowest BCUT2D eigenvalue weighted by Gasteiger charge is -2.15. The van der Waals surface area contributed by atoms with E-state index in [2.05, 4.69) is 11.9 Å². The molecule has 3 rings (SSSR count). The Balaban J connectivity index is 1.96. The van der Waals surface area contributed by atoms with Crippen LogP contribution < -0.4 is 5.56 Å². The van der Waals surface area contributed by atoms with Gasteiger partial charge in [0, 0.05) is 25.2 Å². The SMILES string of the molecule is CCCCCn1c(=S)[nH]c2cc(C(=O)N3CCCC3)ccc2c1=O. The Hall–Kier alpha value is -1.95. The molecule has 2 heterocycles. The third-order valence-electron chi connectivity index (χ3n) is 4.61. The van der Waals surface area contributed by atoms with Gasteiger partial charge < -0.3 is 9.88 Å². The summed E-state index contributed by atoms with van der Waals surface area (Å²) >= 11 is 5.34. The molecule has 1 aromatic heterocycles. The number of nitrogens with zero attached hydrogens (tertiary/aromatic N) is 2. The molecule has 0 spiro atoms. The van der Waals surface area contributed by atoms with Crippen LogP contribution in [-0.4, -0.2) is 33.4 Å². The third-order valence-corrected chi connectivity index (χ3v) is 4.93. The number of H-pyrrole nitrogens is 1. The smallest absolute Gasteiger partial charge is 0.262 e. The molecule has 0 radical (unpaired) electrons. The molecular weight excluding hydrogens is 322 g/mol. The average molecular weight is 345 g/mol. The summed E-state index contributed by atoms with van der Waals surface area (Å²) in [6, 6.07) is 5.24. The molecule has 128 valence electrons. The summed E-state index contributed by atoms with van der Waals surface area (Å²) in [6.45, 7) is 4.38. The van der Waals surface area contributed by atoms with E-state index in [1.165, 1.54) is 0 Å². The second-order valence-electron chi connectivity index (χ2n) is 6.35. The van der Waals surface area contributed by atoms with E-state index in [9.17, 15) is 9.59 Å². The van der Waals surface area contributed by atoms with Crippen LogP contribution in [0.3, 0.4) is 0 Å². The number of unbranched alkanes of at least 4 members (excludes halogenated alkanes) is 2. The molecule has 1 amide bonds. The number of aromatic nitrogens is 2. The van der Waals surface area contributed by atoms with Crippen LogP contribution >= 0.6 is 12.2 Å². The molecule has 0 aliphatic carbocycles. The lowest BCUT2D eigenvalue weighted by molar-refractivity contribution is 0.0793. The van der Waals surface area contributed by atoms with Crippen molar-refractivity contribution in [3.8, 4) is 0 Å². The van der Waals surface area contributed by atoms with Crippen molar-refractivity contribution in [1.82, 2.24) is 14.5 Å². The second-order valence-corrected chi connectivity index (χ2v) is 6.74. The summed E-state index contributed by atoms with van der Waals surface area (Å²) in [5.74, 6) is 0.0286. The zero-order valence-electron chi connectivity index (χ0n) is 14.0. The van der Waals surface area contributed by atoms with Gasteiger partial charge in [-0.1, -0.05) is 19.8 Å². The van der Waals surface area contributed by atoms with Gasteiger partial charge in [-0.05, 0) is 49.7 Å². The fourth-order valence-corrected chi connectivity index (χ4v) is 3.50. The fraction of sp³-hybridized carbons (Fsp3) is 0.500. The van der Waals surface area contributed by atoms with Gasteiger partial charge in [0.15, 0.2) is 4.77 Å². The van der Waals surface area contributed by atoms with Crippen LogP contribution in [0.5, 0.6) is 0 Å². The molecule has 0 atom stereocenters. The normalized spacial score (nSPS) is 14.5. The lowest BCUT2D eigenvalue weighted by Crippen LogP contribution is -2.28. The highest BCUT2D eigenvalue weighted by molar-refractivity contribution is 7.71. The molecular formula is C18H23N3O2S. The molecule has 1 aliphatic heterocycles. The van der Waals surface area contributed by atoms with Crippen LogP contribution in [0.2, 0.25) is 0 Å². The molecule has 0 unspecified atom stereocenters. The van der Waals surface area contributed by atoms with Crippen LogP contribution in [0.15, 0.2) is 23.0 Å². The van der Waals surface area contributed by atoms with E-state index in [0.717, 1.165) is 45.2 Å². The number of hydrogen-bond acceptors (Lipinski definition) is 3. The van der Waals surface area contributed by atoms with Gasteiger partial charge >= 0.3 is 0 Å². The molecule has 1 N–H and O–H groups in total. The van der Waals surface area contributed by atoms with E-state index in [-0.39, 0.29) is 11.5 Å². The first-order valence-corrected chi connectivity index (χ1v) is 9.09. The summed E-state index contributed by atoms with van der Waals surface area (Å²) in [5.41, 5.74) is 1.17. The van der Waals surface area contributed by atoms with Gasteiger partial charge in [-0.2, -0.15) is 0 Å². The van der Waals surface area contributed by atoms with Crippen molar-refractivity contribution in [2.24, 2.45) is 0 Å². The largest absolute Gasteiger partial charge is 0.339 e. The lowest BCUT2D eigenvalue weighted by atomic mass is 10.1. The Morgan fingerprint density at radius 2 is 2.00 bits per heavy atom. The summed E-state index contributed by atoms with van der Waals surface area (Å²) < 4.78 is 2.05. The minimum absolute atomic E-state index is 0.0286. The molecule has 24 heavy (non-hydrogen) atoms. The number of fused-ring (bicyclic) bond motifs is 1. The molecule has 1 aliphatic rings. The first-order chi connectivity index (χ1) is 11.6. The summed E-state index contributed by atoms with van der Waals surface area (Å²) in [4.78, 5) is 30.1. The van der Waals surface area contributed by atoms with Crippen LogP contribution in [0.4, 0.5) is 0 Å². The Morgan fingerprint density at radius 1 is 1.25 bits per heavy atom. The molecule has 1 fully saturated rings. The number of carbonyl (C=O) groups is 1. The highest BCUT2D eigenvalue weighted by Gasteiger charge is 2.20. The maximum absolute atomic E-state index is 12.7. The van der Waals surface area contributed by atoms with E-state index < -0.39 is 0 Å². The van der Waals surface area contributed by atoms with Gasteiger partial charge in [0.1, 0.15) is 0 Å². The zero-order chi connectivity index (χ0) is 17.1. The number of amides is 1. The third kappa shape index (κ3) is 3.29. The number of nitrogens with one attached hydrogen (secondary N) is 1. The van der Waals surface area contributed by atoms with Crippen LogP contribution in [0, 0.1) is 4.77 Å². The number of hydrogen-bond donors (Lipinski definition) is 1. The van der Waals surface area contributed by atoms with E-state index in [1.54, 1.807) is 22.8 Å². The van der Waals surface area contributed by atoms with Crippen molar-refractivity contribution in [2.45, 2.75) is 45.6 Å². The minimum Gasteiger partial charge on any atom is -0.339 e. The van der Waals surface area contributed by atoms with Crippen LogP contribution in [0.25, 0.3) is 10.9 Å². The van der Waals surface area contributed by atoms with Crippen LogP contribution in [-0.2, 0) is 6.54 Å². The quantitative estimate of drug-likeness (QED) is 0.667. The second kappa shape index (κ2) is 7.30. The van der Waals surface area contributed by atoms with Crippen molar-refractivity contribution in [3.05, 3.63) is 38.9 Å². The summed E-state index contributed by atoms with van der Waals surface area (Å²) in [5, 5.41) is 0.582. The Morgan fingerprint density at radius 3 is 2.71 bits per heavy atom. The predicted octanol–water partition coefficient (Wildman–Crippen LogP) is 3.49. The van der Waals surface area contributed by atoms with Crippen molar-refractivity contribution < 1.29 is 4.79 Å². The van der Waals surface area contributed by atoms with Crippen molar-refractivity contribution >= 4 is 29.0 Å². The van der Waals surface area contributed by atoms with E-state index in [4.69, 9.17) is 12.2 Å². The highest BCUT2D eigenvalue weighted by Crippen LogP contribution is 2.16. The number of rotatable bonds is 5. The summed E-state index contributed by atoms with van der Waals surface area (Å²) in [6.07, 6.45) is 5.22.